The summed E-state index contributed by atoms with van der Waals surface area (Å²) in [6, 6.07) is 12.1. The molecular weight excluding hydrogens is 348 g/mol. The van der Waals surface area contributed by atoms with Gasteiger partial charge in [-0.3, -0.25) is 4.90 Å². The number of anilines is 2. The molecule has 0 aliphatic carbocycles. The van der Waals surface area contributed by atoms with Gasteiger partial charge in [-0.15, -0.1) is 0 Å². The van der Waals surface area contributed by atoms with E-state index < -0.39 is 11.6 Å². The number of piperidine rings is 1. The van der Waals surface area contributed by atoms with E-state index in [-0.39, 0.29) is 0 Å². The lowest BCUT2D eigenvalue weighted by Gasteiger charge is -2.43. The molecule has 0 saturated carbocycles. The topological polar surface area (TPSA) is 30.0 Å². The molecule has 2 aliphatic heterocycles. The number of nitrogens with zero attached hydrogens (tertiary/aromatic N) is 3. The van der Waals surface area contributed by atoms with Gasteiger partial charge in [0.15, 0.2) is 11.6 Å². The Bertz CT molecular complexity index is 785. The van der Waals surface area contributed by atoms with Crippen molar-refractivity contribution < 1.29 is 13.9 Å². The van der Waals surface area contributed by atoms with Crippen LogP contribution in [-0.4, -0.2) is 55.3 Å². The Morgan fingerprint density at radius 1 is 0.741 bits per heavy atom. The monoisotopic (exact) mass is 373 g/mol. The van der Waals surface area contributed by atoms with Gasteiger partial charge < -0.3 is 14.9 Å². The van der Waals surface area contributed by atoms with Crippen molar-refractivity contribution in [2.24, 2.45) is 0 Å². The van der Waals surface area contributed by atoms with E-state index in [0.29, 0.717) is 11.8 Å². The van der Waals surface area contributed by atoms with Crippen LogP contribution in [0.15, 0.2) is 42.5 Å². The van der Waals surface area contributed by atoms with E-state index in [1.807, 2.05) is 18.2 Å². The van der Waals surface area contributed by atoms with E-state index in [4.69, 9.17) is 0 Å². The number of phenols is 1. The second-order valence-corrected chi connectivity index (χ2v) is 7.36. The minimum absolute atomic E-state index is 0.305. The van der Waals surface area contributed by atoms with E-state index in [2.05, 4.69) is 14.7 Å². The lowest BCUT2D eigenvalue weighted by molar-refractivity contribution is 0.160. The normalized spacial score (nSPS) is 19.5. The fourth-order valence-corrected chi connectivity index (χ4v) is 4.21. The third-order valence-electron chi connectivity index (χ3n) is 5.76. The molecule has 4 nitrogen and oxygen atoms in total. The van der Waals surface area contributed by atoms with Gasteiger partial charge in [-0.1, -0.05) is 6.07 Å². The number of phenolic OH excluding ortho intramolecular Hbond substituents is 1. The van der Waals surface area contributed by atoms with Crippen LogP contribution in [0.1, 0.15) is 12.8 Å². The van der Waals surface area contributed by atoms with Crippen LogP contribution >= 0.6 is 0 Å². The standard InChI is InChI=1S/C21H25F2N3O/c22-20-5-4-18(15-21(20)23)24-8-6-16(7-9-24)25-10-12-26(13-11-25)17-2-1-3-19(27)14-17/h1-5,14-16,27H,6-13H2. The van der Waals surface area contributed by atoms with Crippen LogP contribution in [0.2, 0.25) is 0 Å². The first-order valence-electron chi connectivity index (χ1n) is 9.58. The number of hydrogen-bond acceptors (Lipinski definition) is 4. The van der Waals surface area contributed by atoms with Gasteiger partial charge >= 0.3 is 0 Å². The molecule has 0 aromatic heterocycles. The van der Waals surface area contributed by atoms with Crippen molar-refractivity contribution in [1.82, 2.24) is 4.90 Å². The van der Waals surface area contributed by atoms with E-state index in [9.17, 15) is 13.9 Å². The van der Waals surface area contributed by atoms with Crippen molar-refractivity contribution in [1.29, 1.82) is 0 Å². The van der Waals surface area contributed by atoms with Crippen molar-refractivity contribution in [3.63, 3.8) is 0 Å². The molecule has 2 aromatic rings. The van der Waals surface area contributed by atoms with Crippen LogP contribution in [-0.2, 0) is 0 Å². The summed E-state index contributed by atoms with van der Waals surface area (Å²) in [6.07, 6.45) is 2.07. The number of halogens is 2. The molecule has 6 heteroatoms. The predicted octanol–water partition coefficient (Wildman–Crippen LogP) is 3.46. The van der Waals surface area contributed by atoms with Gasteiger partial charge in [0.2, 0.25) is 0 Å². The maximum Gasteiger partial charge on any atom is 0.160 e. The van der Waals surface area contributed by atoms with Crippen molar-refractivity contribution in [3.8, 4) is 5.75 Å². The Hall–Kier alpha value is -2.34. The SMILES string of the molecule is Oc1cccc(N2CCN(C3CCN(c4ccc(F)c(F)c4)CC3)CC2)c1. The predicted molar refractivity (Wildman–Crippen MR) is 103 cm³/mol. The highest BCUT2D eigenvalue weighted by Gasteiger charge is 2.28. The Morgan fingerprint density at radius 3 is 2.07 bits per heavy atom. The van der Waals surface area contributed by atoms with Crippen LogP contribution in [0.4, 0.5) is 20.2 Å². The zero-order valence-corrected chi connectivity index (χ0v) is 15.3. The molecule has 0 spiro atoms. The molecule has 2 saturated heterocycles. The van der Waals surface area contributed by atoms with Crippen LogP contribution in [0.25, 0.3) is 0 Å². The van der Waals surface area contributed by atoms with Gasteiger partial charge in [-0.05, 0) is 37.1 Å². The summed E-state index contributed by atoms with van der Waals surface area (Å²) >= 11 is 0. The van der Waals surface area contributed by atoms with Crippen LogP contribution in [0.5, 0.6) is 5.75 Å². The first-order chi connectivity index (χ1) is 13.1. The van der Waals surface area contributed by atoms with Crippen molar-refractivity contribution in [2.75, 3.05) is 49.1 Å². The van der Waals surface area contributed by atoms with Crippen LogP contribution in [0, 0.1) is 11.6 Å². The highest BCUT2D eigenvalue weighted by molar-refractivity contribution is 5.51. The number of benzene rings is 2. The third kappa shape index (κ3) is 4.00. The van der Waals surface area contributed by atoms with E-state index in [1.165, 1.54) is 12.1 Å². The molecule has 0 unspecified atom stereocenters. The van der Waals surface area contributed by atoms with E-state index in [1.54, 1.807) is 12.1 Å². The molecule has 2 aromatic carbocycles. The molecule has 0 bridgehead atoms. The number of rotatable bonds is 3. The van der Waals surface area contributed by atoms with E-state index >= 15 is 0 Å². The molecule has 2 aliphatic rings. The van der Waals surface area contributed by atoms with Crippen LogP contribution in [0.3, 0.4) is 0 Å². The summed E-state index contributed by atoms with van der Waals surface area (Å²) in [5.41, 5.74) is 1.84. The van der Waals surface area contributed by atoms with Gasteiger partial charge in [-0.2, -0.15) is 0 Å². The number of aromatic hydroxyl groups is 1. The maximum absolute atomic E-state index is 13.5. The van der Waals surface area contributed by atoms with Gasteiger partial charge in [0, 0.05) is 68.8 Å². The fraction of sp³-hybridized carbons (Fsp3) is 0.429. The molecule has 0 amide bonds. The summed E-state index contributed by atoms with van der Waals surface area (Å²) in [7, 11) is 0. The summed E-state index contributed by atoms with van der Waals surface area (Å²) < 4.78 is 26.6. The zero-order chi connectivity index (χ0) is 18.8. The second kappa shape index (κ2) is 7.72. The summed E-state index contributed by atoms with van der Waals surface area (Å²) in [5.74, 6) is -1.27. The quantitative estimate of drug-likeness (QED) is 0.893. The first-order valence-corrected chi connectivity index (χ1v) is 9.58. The lowest BCUT2D eigenvalue weighted by Crippen LogP contribution is -2.53. The fourth-order valence-electron chi connectivity index (χ4n) is 4.21. The minimum atomic E-state index is -0.793. The molecule has 0 radical (unpaired) electrons. The molecule has 144 valence electrons. The zero-order valence-electron chi connectivity index (χ0n) is 15.3. The average Bonchev–Trinajstić information content (AvgIpc) is 2.70. The van der Waals surface area contributed by atoms with Crippen LogP contribution < -0.4 is 9.80 Å². The highest BCUT2D eigenvalue weighted by atomic mass is 19.2. The lowest BCUT2D eigenvalue weighted by atomic mass is 10.0. The largest absolute Gasteiger partial charge is 0.508 e. The molecule has 0 atom stereocenters. The Kier molecular flexibility index (Phi) is 5.16. The summed E-state index contributed by atoms with van der Waals surface area (Å²) in [4.78, 5) is 7.00. The Labute approximate surface area is 158 Å². The molecule has 27 heavy (non-hydrogen) atoms. The molecule has 4 rings (SSSR count). The first kappa shape index (κ1) is 18.0. The second-order valence-electron chi connectivity index (χ2n) is 7.36. The van der Waals surface area contributed by atoms with Gasteiger partial charge in [0.05, 0.1) is 0 Å². The number of piperazine rings is 1. The summed E-state index contributed by atoms with van der Waals surface area (Å²) in [5, 5.41) is 9.66. The maximum atomic E-state index is 13.5. The minimum Gasteiger partial charge on any atom is -0.508 e. The highest BCUT2D eigenvalue weighted by Crippen LogP contribution is 2.26. The smallest absolute Gasteiger partial charge is 0.160 e. The average molecular weight is 373 g/mol. The molecule has 1 N–H and O–H groups in total. The Balaban J connectivity index is 1.30. The van der Waals surface area contributed by atoms with Crippen molar-refractivity contribution >= 4 is 11.4 Å². The van der Waals surface area contributed by atoms with Crippen molar-refractivity contribution in [3.05, 3.63) is 54.1 Å². The molecule has 2 fully saturated rings. The van der Waals surface area contributed by atoms with Crippen molar-refractivity contribution in [2.45, 2.75) is 18.9 Å². The third-order valence-corrected chi connectivity index (χ3v) is 5.76. The molecular formula is C21H25F2N3O. The van der Waals surface area contributed by atoms with Gasteiger partial charge in [0.1, 0.15) is 5.75 Å². The Morgan fingerprint density at radius 2 is 1.41 bits per heavy atom. The van der Waals surface area contributed by atoms with Gasteiger partial charge in [0.25, 0.3) is 0 Å². The summed E-state index contributed by atoms with van der Waals surface area (Å²) in [6.45, 7) is 5.64. The van der Waals surface area contributed by atoms with Gasteiger partial charge in [-0.25, -0.2) is 8.78 Å². The number of hydrogen-bond donors (Lipinski definition) is 1. The molecule has 2 heterocycles. The van der Waals surface area contributed by atoms with E-state index in [0.717, 1.165) is 63.5 Å².